The van der Waals surface area contributed by atoms with Gasteiger partial charge in [0.25, 0.3) is 5.91 Å². The Bertz CT molecular complexity index is 1160. The molecule has 2 unspecified atom stereocenters. The van der Waals surface area contributed by atoms with Crippen LogP contribution in [0.1, 0.15) is 68.3 Å². The monoisotopic (exact) mass is 539 g/mol. The number of thioether (sulfide) groups is 1. The molecule has 38 heavy (non-hydrogen) atoms. The average Bonchev–Trinajstić information content (AvgIpc) is 3.67. The second-order valence-electron chi connectivity index (χ2n) is 11.0. The SMILES string of the molecule is CSCCC(NC(=O)OC(C)(C)C)C(=O)N(C1CC1)C(C(=O)Nc1ccccc1C)c1cc(C)ccc1C. The van der Waals surface area contributed by atoms with Crippen molar-refractivity contribution in [2.24, 2.45) is 0 Å². The molecule has 0 spiro atoms. The fourth-order valence-electron chi connectivity index (χ4n) is 4.38. The molecule has 2 atom stereocenters. The van der Waals surface area contributed by atoms with E-state index in [9.17, 15) is 14.4 Å². The summed E-state index contributed by atoms with van der Waals surface area (Å²) in [7, 11) is 0. The fourth-order valence-corrected chi connectivity index (χ4v) is 4.85. The second kappa shape index (κ2) is 12.7. The Morgan fingerprint density at radius 1 is 1.05 bits per heavy atom. The van der Waals surface area contributed by atoms with Crippen molar-refractivity contribution in [1.29, 1.82) is 0 Å². The van der Waals surface area contributed by atoms with E-state index in [1.54, 1.807) is 37.4 Å². The molecule has 206 valence electrons. The van der Waals surface area contributed by atoms with Gasteiger partial charge in [-0.05, 0) is 95.6 Å². The lowest BCUT2D eigenvalue weighted by Crippen LogP contribution is -2.53. The number of nitrogens with one attached hydrogen (secondary N) is 2. The number of alkyl carbamates (subject to hydrolysis) is 1. The van der Waals surface area contributed by atoms with Crippen LogP contribution in [0.4, 0.5) is 10.5 Å². The molecule has 3 rings (SSSR count). The second-order valence-corrected chi connectivity index (χ2v) is 12.0. The van der Waals surface area contributed by atoms with Gasteiger partial charge in [0.1, 0.15) is 17.7 Å². The summed E-state index contributed by atoms with van der Waals surface area (Å²) in [6.45, 7) is 11.2. The Morgan fingerprint density at radius 3 is 2.34 bits per heavy atom. The summed E-state index contributed by atoms with van der Waals surface area (Å²) in [6, 6.07) is 11.8. The zero-order valence-corrected chi connectivity index (χ0v) is 24.4. The standard InChI is InChI=1S/C30H41N3O4S/c1-19-12-13-20(2)23(18-19)26(27(34)31-24-11-9-8-10-21(24)3)33(22-14-15-22)28(35)25(16-17-38-7)32-29(36)37-30(4,5)6/h8-13,18,22,25-26H,14-17H2,1-7H3,(H,31,34)(H,32,36). The van der Waals surface area contributed by atoms with Gasteiger partial charge in [0.2, 0.25) is 5.91 Å². The first-order valence-corrected chi connectivity index (χ1v) is 14.5. The Hall–Kier alpha value is -3.00. The van der Waals surface area contributed by atoms with E-state index in [2.05, 4.69) is 10.6 Å². The molecule has 0 radical (unpaired) electrons. The van der Waals surface area contributed by atoms with E-state index in [0.29, 0.717) is 17.9 Å². The minimum Gasteiger partial charge on any atom is -0.444 e. The summed E-state index contributed by atoms with van der Waals surface area (Å²) >= 11 is 1.60. The molecule has 1 saturated carbocycles. The molecule has 8 heteroatoms. The van der Waals surface area contributed by atoms with Crippen molar-refractivity contribution >= 4 is 35.4 Å². The van der Waals surface area contributed by atoms with Crippen molar-refractivity contribution < 1.29 is 19.1 Å². The van der Waals surface area contributed by atoms with Crippen LogP contribution in [0.15, 0.2) is 42.5 Å². The number of nitrogens with zero attached hydrogens (tertiary/aromatic N) is 1. The molecule has 2 N–H and O–H groups in total. The van der Waals surface area contributed by atoms with Crippen LogP contribution in [0.3, 0.4) is 0 Å². The van der Waals surface area contributed by atoms with Crippen molar-refractivity contribution in [2.45, 2.75) is 84.5 Å². The van der Waals surface area contributed by atoms with E-state index in [1.807, 2.05) is 69.5 Å². The average molecular weight is 540 g/mol. The Balaban J connectivity index is 2.02. The maximum Gasteiger partial charge on any atom is 0.408 e. The highest BCUT2D eigenvalue weighted by Crippen LogP contribution is 2.38. The van der Waals surface area contributed by atoms with E-state index in [4.69, 9.17) is 4.74 Å². The van der Waals surface area contributed by atoms with Gasteiger partial charge < -0.3 is 20.3 Å². The van der Waals surface area contributed by atoms with Gasteiger partial charge >= 0.3 is 6.09 Å². The quantitative estimate of drug-likeness (QED) is 0.391. The zero-order valence-electron chi connectivity index (χ0n) is 23.6. The predicted molar refractivity (Wildman–Crippen MR) is 154 cm³/mol. The zero-order chi connectivity index (χ0) is 28.0. The van der Waals surface area contributed by atoms with Crippen molar-refractivity contribution in [3.63, 3.8) is 0 Å². The van der Waals surface area contributed by atoms with Gasteiger partial charge in [-0.25, -0.2) is 4.79 Å². The van der Waals surface area contributed by atoms with Gasteiger partial charge in [0.15, 0.2) is 0 Å². The maximum atomic E-state index is 14.2. The first kappa shape index (κ1) is 29.6. The number of ether oxygens (including phenoxy) is 1. The highest BCUT2D eigenvalue weighted by atomic mass is 32.2. The molecule has 3 amide bonds. The maximum absolute atomic E-state index is 14.2. The van der Waals surface area contributed by atoms with E-state index >= 15 is 0 Å². The topological polar surface area (TPSA) is 87.7 Å². The summed E-state index contributed by atoms with van der Waals surface area (Å²) in [5, 5.41) is 5.88. The molecule has 7 nitrogen and oxygen atoms in total. The molecular weight excluding hydrogens is 498 g/mol. The summed E-state index contributed by atoms with van der Waals surface area (Å²) in [6.07, 6.45) is 3.38. The van der Waals surface area contributed by atoms with Gasteiger partial charge in [0.05, 0.1) is 0 Å². The normalized spacial score (nSPS) is 14.8. The van der Waals surface area contributed by atoms with Crippen molar-refractivity contribution in [3.05, 3.63) is 64.7 Å². The number of carbonyl (C=O) groups excluding carboxylic acids is 3. The van der Waals surface area contributed by atoms with Crippen LogP contribution < -0.4 is 10.6 Å². The molecule has 1 aliphatic rings. The lowest BCUT2D eigenvalue weighted by Gasteiger charge is -2.35. The molecule has 1 fully saturated rings. The number of hydrogen-bond acceptors (Lipinski definition) is 5. The van der Waals surface area contributed by atoms with Crippen LogP contribution in [0.2, 0.25) is 0 Å². The van der Waals surface area contributed by atoms with E-state index in [1.165, 1.54) is 0 Å². The summed E-state index contributed by atoms with van der Waals surface area (Å²) in [5.74, 6) is 0.140. The highest BCUT2D eigenvalue weighted by Gasteiger charge is 2.44. The third-order valence-electron chi connectivity index (χ3n) is 6.45. The lowest BCUT2D eigenvalue weighted by molar-refractivity contribution is -0.141. The van der Waals surface area contributed by atoms with Gasteiger partial charge in [-0.2, -0.15) is 11.8 Å². The van der Waals surface area contributed by atoms with Crippen LogP contribution in [0.25, 0.3) is 0 Å². The Kier molecular flexibility index (Phi) is 9.88. The van der Waals surface area contributed by atoms with E-state index in [-0.39, 0.29) is 17.9 Å². The molecule has 2 aromatic carbocycles. The molecule has 0 saturated heterocycles. The van der Waals surface area contributed by atoms with Crippen LogP contribution in [0.5, 0.6) is 0 Å². The molecule has 0 aromatic heterocycles. The van der Waals surface area contributed by atoms with Gasteiger partial charge in [-0.3, -0.25) is 9.59 Å². The van der Waals surface area contributed by atoms with E-state index in [0.717, 1.165) is 35.1 Å². The van der Waals surface area contributed by atoms with Gasteiger partial charge in [-0.1, -0.05) is 42.0 Å². The van der Waals surface area contributed by atoms with Crippen LogP contribution in [0, 0.1) is 20.8 Å². The number of hydrogen-bond donors (Lipinski definition) is 2. The predicted octanol–water partition coefficient (Wildman–Crippen LogP) is 5.93. The summed E-state index contributed by atoms with van der Waals surface area (Å²) in [4.78, 5) is 42.7. The van der Waals surface area contributed by atoms with Gasteiger partial charge in [-0.15, -0.1) is 0 Å². The number of benzene rings is 2. The lowest BCUT2D eigenvalue weighted by atomic mass is 9.95. The molecule has 0 aliphatic heterocycles. The summed E-state index contributed by atoms with van der Waals surface area (Å²) in [5.41, 5.74) is 3.68. The molecular formula is C30H41N3O4S. The number of aryl methyl sites for hydroxylation is 3. The Labute approximate surface area is 231 Å². The number of para-hydroxylation sites is 1. The largest absolute Gasteiger partial charge is 0.444 e. The van der Waals surface area contributed by atoms with Crippen molar-refractivity contribution in [3.8, 4) is 0 Å². The smallest absolute Gasteiger partial charge is 0.408 e. The van der Waals surface area contributed by atoms with E-state index < -0.39 is 23.8 Å². The first-order chi connectivity index (χ1) is 17.9. The van der Waals surface area contributed by atoms with Crippen LogP contribution in [-0.2, 0) is 14.3 Å². The minimum atomic E-state index is -0.841. The van der Waals surface area contributed by atoms with Crippen molar-refractivity contribution in [1.82, 2.24) is 10.2 Å². The first-order valence-electron chi connectivity index (χ1n) is 13.2. The number of anilines is 1. The number of carbonyl (C=O) groups is 3. The third-order valence-corrected chi connectivity index (χ3v) is 7.10. The third kappa shape index (κ3) is 8.00. The highest BCUT2D eigenvalue weighted by molar-refractivity contribution is 7.98. The molecule has 0 heterocycles. The number of amides is 3. The molecule has 1 aliphatic carbocycles. The fraction of sp³-hybridized carbons (Fsp3) is 0.500. The number of rotatable bonds is 10. The van der Waals surface area contributed by atoms with Crippen molar-refractivity contribution in [2.75, 3.05) is 17.3 Å². The van der Waals surface area contributed by atoms with Crippen LogP contribution in [-0.4, -0.2) is 52.5 Å². The molecule has 2 aromatic rings. The Morgan fingerprint density at radius 2 is 1.74 bits per heavy atom. The summed E-state index contributed by atoms with van der Waals surface area (Å²) < 4.78 is 5.47. The van der Waals surface area contributed by atoms with Crippen LogP contribution >= 0.6 is 11.8 Å². The van der Waals surface area contributed by atoms with Gasteiger partial charge in [0, 0.05) is 11.7 Å². The minimum absolute atomic E-state index is 0.0766. The molecule has 0 bridgehead atoms.